The lowest BCUT2D eigenvalue weighted by molar-refractivity contribution is 0.475. The minimum absolute atomic E-state index is 0.138. The number of halogens is 1. The van der Waals surface area contributed by atoms with Gasteiger partial charge in [0.2, 0.25) is 0 Å². The van der Waals surface area contributed by atoms with E-state index < -0.39 is 0 Å². The molecule has 2 rings (SSSR count). The second kappa shape index (κ2) is 6.50. The fourth-order valence-corrected chi connectivity index (χ4v) is 2.43. The van der Waals surface area contributed by atoms with E-state index in [0.717, 1.165) is 17.1 Å². The smallest absolute Gasteiger partial charge is 0.132 e. The lowest BCUT2D eigenvalue weighted by Crippen LogP contribution is -2.10. The van der Waals surface area contributed by atoms with E-state index in [9.17, 15) is 0 Å². The van der Waals surface area contributed by atoms with Crippen LogP contribution in [0.3, 0.4) is 0 Å². The fourth-order valence-electron chi connectivity index (χ4n) is 2.17. The first kappa shape index (κ1) is 15.9. The van der Waals surface area contributed by atoms with Gasteiger partial charge in [-0.2, -0.15) is 0 Å². The third kappa shape index (κ3) is 3.99. The molecule has 2 aromatic carbocycles. The summed E-state index contributed by atoms with van der Waals surface area (Å²) >= 11 is 6.22. The summed E-state index contributed by atoms with van der Waals surface area (Å²) in [5.41, 5.74) is 8.02. The van der Waals surface area contributed by atoms with Crippen LogP contribution >= 0.6 is 11.6 Å². The van der Waals surface area contributed by atoms with E-state index in [1.54, 1.807) is 0 Å². The summed E-state index contributed by atoms with van der Waals surface area (Å²) in [6, 6.07) is 13.9. The standard InChI is InChI=1S/C18H22ClNO/c1-18(2,3)13-7-9-14(10-8-13)21-17-6-4-5-16(19)15(17)11-12-20/h4-10H,11-12,20H2,1-3H3. The van der Waals surface area contributed by atoms with Gasteiger partial charge in [-0.1, -0.05) is 50.6 Å². The highest BCUT2D eigenvalue weighted by Gasteiger charge is 2.14. The summed E-state index contributed by atoms with van der Waals surface area (Å²) in [6.07, 6.45) is 0.703. The summed E-state index contributed by atoms with van der Waals surface area (Å²) in [4.78, 5) is 0. The third-order valence-electron chi connectivity index (χ3n) is 3.42. The predicted octanol–water partition coefficient (Wildman–Crippen LogP) is 4.93. The zero-order chi connectivity index (χ0) is 15.5. The Morgan fingerprint density at radius 3 is 2.29 bits per heavy atom. The molecule has 0 saturated carbocycles. The van der Waals surface area contributed by atoms with E-state index in [1.165, 1.54) is 5.56 Å². The summed E-state index contributed by atoms with van der Waals surface area (Å²) in [6.45, 7) is 7.13. The lowest BCUT2D eigenvalue weighted by Gasteiger charge is -2.19. The molecular weight excluding hydrogens is 282 g/mol. The average molecular weight is 304 g/mol. The first-order chi connectivity index (χ1) is 9.91. The molecule has 2 aromatic rings. The van der Waals surface area contributed by atoms with Crippen molar-refractivity contribution in [3.63, 3.8) is 0 Å². The van der Waals surface area contributed by atoms with Gasteiger partial charge in [0.1, 0.15) is 11.5 Å². The number of nitrogens with two attached hydrogens (primary N) is 1. The van der Waals surface area contributed by atoms with Crippen molar-refractivity contribution in [3.05, 3.63) is 58.6 Å². The third-order valence-corrected chi connectivity index (χ3v) is 3.77. The summed E-state index contributed by atoms with van der Waals surface area (Å²) in [7, 11) is 0. The summed E-state index contributed by atoms with van der Waals surface area (Å²) in [5, 5.41) is 0.698. The van der Waals surface area contributed by atoms with E-state index in [4.69, 9.17) is 22.1 Å². The molecule has 2 N–H and O–H groups in total. The van der Waals surface area contributed by atoms with Crippen molar-refractivity contribution >= 4 is 11.6 Å². The van der Waals surface area contributed by atoms with Gasteiger partial charge >= 0.3 is 0 Å². The van der Waals surface area contributed by atoms with Gasteiger partial charge < -0.3 is 10.5 Å². The van der Waals surface area contributed by atoms with Gasteiger partial charge in [0.15, 0.2) is 0 Å². The number of hydrogen-bond donors (Lipinski definition) is 1. The summed E-state index contributed by atoms with van der Waals surface area (Å²) in [5.74, 6) is 1.58. The SMILES string of the molecule is CC(C)(C)c1ccc(Oc2cccc(Cl)c2CCN)cc1. The molecule has 0 spiro atoms. The maximum absolute atomic E-state index is 6.22. The monoisotopic (exact) mass is 303 g/mol. The lowest BCUT2D eigenvalue weighted by atomic mass is 9.87. The van der Waals surface area contributed by atoms with Gasteiger partial charge in [0.25, 0.3) is 0 Å². The normalized spacial score (nSPS) is 11.5. The topological polar surface area (TPSA) is 35.2 Å². The highest BCUT2D eigenvalue weighted by Crippen LogP contribution is 2.32. The minimum Gasteiger partial charge on any atom is -0.457 e. The van der Waals surface area contributed by atoms with E-state index >= 15 is 0 Å². The van der Waals surface area contributed by atoms with Crippen LogP contribution < -0.4 is 10.5 Å². The van der Waals surface area contributed by atoms with Crippen LogP contribution in [0.5, 0.6) is 11.5 Å². The molecule has 21 heavy (non-hydrogen) atoms. The summed E-state index contributed by atoms with van der Waals surface area (Å²) < 4.78 is 5.97. The molecule has 0 saturated heterocycles. The van der Waals surface area contributed by atoms with Gasteiger partial charge in [0.05, 0.1) is 0 Å². The van der Waals surface area contributed by atoms with Crippen molar-refractivity contribution in [2.24, 2.45) is 5.73 Å². The Morgan fingerprint density at radius 1 is 1.05 bits per heavy atom. The van der Waals surface area contributed by atoms with Crippen molar-refractivity contribution in [2.75, 3.05) is 6.54 Å². The molecule has 0 unspecified atom stereocenters. The number of rotatable bonds is 4. The molecule has 0 heterocycles. The largest absolute Gasteiger partial charge is 0.457 e. The van der Waals surface area contributed by atoms with Crippen molar-refractivity contribution in [1.29, 1.82) is 0 Å². The van der Waals surface area contributed by atoms with Crippen molar-refractivity contribution in [3.8, 4) is 11.5 Å². The van der Waals surface area contributed by atoms with Crippen LogP contribution in [0.15, 0.2) is 42.5 Å². The second-order valence-corrected chi connectivity index (χ2v) is 6.54. The molecule has 0 aromatic heterocycles. The predicted molar refractivity (Wildman–Crippen MR) is 89.4 cm³/mol. The first-order valence-electron chi connectivity index (χ1n) is 7.17. The van der Waals surface area contributed by atoms with Crippen LogP contribution in [-0.4, -0.2) is 6.54 Å². The Labute approximate surface area is 131 Å². The van der Waals surface area contributed by atoms with E-state index in [0.29, 0.717) is 18.0 Å². The molecule has 0 aliphatic carbocycles. The van der Waals surface area contributed by atoms with Crippen molar-refractivity contribution in [1.82, 2.24) is 0 Å². The number of ether oxygens (including phenoxy) is 1. The van der Waals surface area contributed by atoms with Crippen LogP contribution in [0, 0.1) is 0 Å². The zero-order valence-corrected chi connectivity index (χ0v) is 13.6. The molecule has 0 aliphatic heterocycles. The van der Waals surface area contributed by atoms with Crippen LogP contribution in [0.2, 0.25) is 5.02 Å². The Hall–Kier alpha value is -1.51. The molecular formula is C18H22ClNO. The minimum atomic E-state index is 0.138. The average Bonchev–Trinajstić information content (AvgIpc) is 2.42. The van der Waals surface area contributed by atoms with Gasteiger partial charge in [0, 0.05) is 10.6 Å². The zero-order valence-electron chi connectivity index (χ0n) is 12.8. The van der Waals surface area contributed by atoms with E-state index in [-0.39, 0.29) is 5.41 Å². The Balaban J connectivity index is 2.24. The number of benzene rings is 2. The van der Waals surface area contributed by atoms with Crippen LogP contribution in [0.1, 0.15) is 31.9 Å². The Kier molecular flexibility index (Phi) is 4.92. The van der Waals surface area contributed by atoms with Crippen molar-refractivity contribution < 1.29 is 4.74 Å². The number of hydrogen-bond acceptors (Lipinski definition) is 2. The Morgan fingerprint density at radius 2 is 1.71 bits per heavy atom. The maximum Gasteiger partial charge on any atom is 0.132 e. The van der Waals surface area contributed by atoms with E-state index in [1.807, 2.05) is 30.3 Å². The van der Waals surface area contributed by atoms with Gasteiger partial charge in [-0.15, -0.1) is 0 Å². The van der Waals surface area contributed by atoms with E-state index in [2.05, 4.69) is 32.9 Å². The Bertz CT molecular complexity index is 600. The van der Waals surface area contributed by atoms with Crippen molar-refractivity contribution in [2.45, 2.75) is 32.6 Å². The second-order valence-electron chi connectivity index (χ2n) is 6.13. The molecule has 0 radical (unpaired) electrons. The van der Waals surface area contributed by atoms with Crippen LogP contribution in [0.4, 0.5) is 0 Å². The van der Waals surface area contributed by atoms with Crippen LogP contribution in [-0.2, 0) is 11.8 Å². The molecule has 0 atom stereocenters. The van der Waals surface area contributed by atoms with Crippen LogP contribution in [0.25, 0.3) is 0 Å². The highest BCUT2D eigenvalue weighted by atomic mass is 35.5. The fraction of sp³-hybridized carbons (Fsp3) is 0.333. The molecule has 112 valence electrons. The quantitative estimate of drug-likeness (QED) is 0.869. The van der Waals surface area contributed by atoms with Gasteiger partial charge in [-0.05, 0) is 48.2 Å². The molecule has 0 amide bonds. The van der Waals surface area contributed by atoms with Gasteiger partial charge in [-0.25, -0.2) is 0 Å². The molecule has 2 nitrogen and oxygen atoms in total. The molecule has 0 bridgehead atoms. The van der Waals surface area contributed by atoms with Gasteiger partial charge in [-0.3, -0.25) is 0 Å². The highest BCUT2D eigenvalue weighted by molar-refractivity contribution is 6.31. The maximum atomic E-state index is 6.22. The molecule has 0 fully saturated rings. The molecule has 0 aliphatic rings. The first-order valence-corrected chi connectivity index (χ1v) is 7.55. The molecule has 3 heteroatoms.